The molecule has 2 amide bonds. The number of nitrogens with one attached hydrogen (secondary N) is 2. The average Bonchev–Trinajstić information content (AvgIpc) is 3.16. The second-order valence-corrected chi connectivity index (χ2v) is 9.96. The third-order valence-corrected chi connectivity index (χ3v) is 6.62. The van der Waals surface area contributed by atoms with Crippen LogP contribution in [0.3, 0.4) is 0 Å². The van der Waals surface area contributed by atoms with Gasteiger partial charge in [-0.05, 0) is 60.8 Å². The summed E-state index contributed by atoms with van der Waals surface area (Å²) in [7, 11) is 0. The van der Waals surface area contributed by atoms with Crippen LogP contribution in [0.5, 0.6) is 0 Å². The number of benzene rings is 2. The first-order valence-corrected chi connectivity index (χ1v) is 12.4. The largest absolute Gasteiger partial charge is 0.480 e. The summed E-state index contributed by atoms with van der Waals surface area (Å²) in [6.07, 6.45) is 2.82. The first-order valence-electron chi connectivity index (χ1n) is 12.4. The Morgan fingerprint density at radius 3 is 2.19 bits per heavy atom. The molecule has 2 atom stereocenters. The van der Waals surface area contributed by atoms with Crippen molar-refractivity contribution >= 4 is 18.0 Å². The van der Waals surface area contributed by atoms with E-state index in [1.165, 1.54) is 6.92 Å². The number of aliphatic carboxylic acids is 1. The fourth-order valence-electron chi connectivity index (χ4n) is 4.67. The number of amides is 2. The Kier molecular flexibility index (Phi) is 8.91. The topological polar surface area (TPSA) is 105 Å². The lowest BCUT2D eigenvalue weighted by Crippen LogP contribution is -2.58. The van der Waals surface area contributed by atoms with Crippen molar-refractivity contribution < 1.29 is 24.2 Å². The minimum absolute atomic E-state index is 0.0893. The molecule has 1 aliphatic rings. The number of ether oxygens (including phenoxy) is 1. The summed E-state index contributed by atoms with van der Waals surface area (Å²) >= 11 is 0. The van der Waals surface area contributed by atoms with E-state index in [4.69, 9.17) is 4.74 Å². The maximum absolute atomic E-state index is 13.1. The standard InChI is InChI=1S/C29H36N2O5/c1-5-6-11-16-29(4,27(33)34)31-26(32)25(17-19(2)3)30-28(35)36-18-24-22-14-9-7-12-20(22)21-13-8-10-15-23(21)24/h5,7-10,12-15,19,24-25H,1,6,11,16-18H2,2-4H3,(H,30,35)(H,31,32)(H,33,34)/t25-,29+/m1/s1. The van der Waals surface area contributed by atoms with Crippen LogP contribution in [0.1, 0.15) is 63.5 Å². The number of fused-ring (bicyclic) bond motifs is 3. The van der Waals surface area contributed by atoms with E-state index >= 15 is 0 Å². The molecule has 0 spiro atoms. The lowest BCUT2D eigenvalue weighted by molar-refractivity contribution is -0.147. The molecule has 192 valence electrons. The zero-order valence-corrected chi connectivity index (χ0v) is 21.3. The molecule has 0 saturated heterocycles. The molecule has 3 N–H and O–H groups in total. The zero-order chi connectivity index (χ0) is 26.3. The summed E-state index contributed by atoms with van der Waals surface area (Å²) in [5, 5.41) is 15.0. The smallest absolute Gasteiger partial charge is 0.407 e. The van der Waals surface area contributed by atoms with Gasteiger partial charge in [-0.3, -0.25) is 4.79 Å². The van der Waals surface area contributed by atoms with E-state index in [0.29, 0.717) is 19.3 Å². The van der Waals surface area contributed by atoms with Gasteiger partial charge in [-0.25, -0.2) is 9.59 Å². The number of carbonyl (C=O) groups is 3. The van der Waals surface area contributed by atoms with Gasteiger partial charge < -0.3 is 20.5 Å². The van der Waals surface area contributed by atoms with Gasteiger partial charge in [0.1, 0.15) is 18.2 Å². The van der Waals surface area contributed by atoms with Crippen LogP contribution in [-0.2, 0) is 14.3 Å². The Morgan fingerprint density at radius 2 is 1.67 bits per heavy atom. The van der Waals surface area contributed by atoms with E-state index in [1.807, 2.05) is 50.2 Å². The Balaban J connectivity index is 1.67. The van der Waals surface area contributed by atoms with Gasteiger partial charge in [-0.15, -0.1) is 6.58 Å². The number of carboxylic acid groups (broad SMARTS) is 1. The fourth-order valence-corrected chi connectivity index (χ4v) is 4.67. The number of carbonyl (C=O) groups excluding carboxylic acids is 2. The number of rotatable bonds is 12. The molecule has 0 saturated carbocycles. The molecule has 1 aliphatic carbocycles. The molecule has 36 heavy (non-hydrogen) atoms. The van der Waals surface area contributed by atoms with Crippen LogP contribution in [0.15, 0.2) is 61.2 Å². The van der Waals surface area contributed by atoms with Gasteiger partial charge in [0.2, 0.25) is 5.91 Å². The van der Waals surface area contributed by atoms with Crippen molar-refractivity contribution in [2.45, 2.75) is 64.0 Å². The van der Waals surface area contributed by atoms with E-state index in [9.17, 15) is 19.5 Å². The van der Waals surface area contributed by atoms with Crippen molar-refractivity contribution in [3.05, 3.63) is 72.3 Å². The number of unbranched alkanes of at least 4 members (excludes halogenated alkanes) is 1. The molecule has 0 unspecified atom stereocenters. The molecular weight excluding hydrogens is 456 g/mol. The molecule has 0 bridgehead atoms. The Labute approximate surface area is 212 Å². The van der Waals surface area contributed by atoms with E-state index in [-0.39, 0.29) is 24.9 Å². The molecule has 2 aromatic carbocycles. The number of alkyl carbamates (subject to hydrolysis) is 1. The predicted molar refractivity (Wildman–Crippen MR) is 140 cm³/mol. The SMILES string of the molecule is C=CCCC[C@](C)(NC(=O)[C@@H](CC(C)C)NC(=O)OCC1c2ccccc2-c2ccccc21)C(=O)O. The Hall–Kier alpha value is -3.61. The van der Waals surface area contributed by atoms with Crippen molar-refractivity contribution in [2.75, 3.05) is 6.61 Å². The number of hydrogen-bond acceptors (Lipinski definition) is 4. The summed E-state index contributed by atoms with van der Waals surface area (Å²) in [5.74, 6) is -1.67. The summed E-state index contributed by atoms with van der Waals surface area (Å²) in [4.78, 5) is 37.8. The quantitative estimate of drug-likeness (QED) is 0.277. The average molecular weight is 493 g/mol. The van der Waals surface area contributed by atoms with Crippen LogP contribution in [0.4, 0.5) is 4.79 Å². The van der Waals surface area contributed by atoms with Gasteiger partial charge in [0.25, 0.3) is 0 Å². The number of hydrogen-bond donors (Lipinski definition) is 3. The second-order valence-electron chi connectivity index (χ2n) is 9.96. The third-order valence-electron chi connectivity index (χ3n) is 6.62. The molecule has 2 aromatic rings. The van der Waals surface area contributed by atoms with Crippen LogP contribution in [0.25, 0.3) is 11.1 Å². The van der Waals surface area contributed by atoms with Crippen LogP contribution in [0.2, 0.25) is 0 Å². The van der Waals surface area contributed by atoms with E-state index in [2.05, 4.69) is 29.3 Å². The maximum Gasteiger partial charge on any atom is 0.407 e. The highest BCUT2D eigenvalue weighted by atomic mass is 16.5. The number of allylic oxidation sites excluding steroid dienone is 1. The maximum atomic E-state index is 13.1. The van der Waals surface area contributed by atoms with Gasteiger partial charge in [0, 0.05) is 5.92 Å². The van der Waals surface area contributed by atoms with Crippen molar-refractivity contribution in [3.8, 4) is 11.1 Å². The first-order chi connectivity index (χ1) is 17.2. The molecule has 0 radical (unpaired) electrons. The highest BCUT2D eigenvalue weighted by Crippen LogP contribution is 2.44. The van der Waals surface area contributed by atoms with Crippen molar-refractivity contribution in [1.82, 2.24) is 10.6 Å². The van der Waals surface area contributed by atoms with Crippen molar-refractivity contribution in [1.29, 1.82) is 0 Å². The molecule has 7 nitrogen and oxygen atoms in total. The van der Waals surface area contributed by atoms with Gasteiger partial charge >= 0.3 is 12.1 Å². The summed E-state index contributed by atoms with van der Waals surface area (Å²) in [5.41, 5.74) is 3.00. The fraction of sp³-hybridized carbons (Fsp3) is 0.414. The predicted octanol–water partition coefficient (Wildman–Crippen LogP) is 5.26. The molecule has 3 rings (SSSR count). The van der Waals surface area contributed by atoms with Gasteiger partial charge in [0.05, 0.1) is 0 Å². The van der Waals surface area contributed by atoms with E-state index in [1.54, 1.807) is 6.08 Å². The van der Waals surface area contributed by atoms with Crippen LogP contribution in [-0.4, -0.2) is 41.3 Å². The van der Waals surface area contributed by atoms with E-state index in [0.717, 1.165) is 22.3 Å². The van der Waals surface area contributed by atoms with Gasteiger partial charge in [0.15, 0.2) is 0 Å². The molecule has 0 aliphatic heterocycles. The van der Waals surface area contributed by atoms with Crippen LogP contribution >= 0.6 is 0 Å². The Morgan fingerprint density at radius 1 is 1.08 bits per heavy atom. The van der Waals surface area contributed by atoms with Crippen molar-refractivity contribution in [2.24, 2.45) is 5.92 Å². The highest BCUT2D eigenvalue weighted by molar-refractivity contribution is 5.91. The minimum atomic E-state index is -1.45. The molecule has 0 heterocycles. The summed E-state index contributed by atoms with van der Waals surface area (Å²) < 4.78 is 5.60. The molecule has 0 aromatic heterocycles. The first kappa shape index (κ1) is 27.0. The monoisotopic (exact) mass is 492 g/mol. The van der Waals surface area contributed by atoms with E-state index < -0.39 is 29.6 Å². The normalized spacial score (nSPS) is 14.8. The van der Waals surface area contributed by atoms with Gasteiger partial charge in [-0.2, -0.15) is 0 Å². The van der Waals surface area contributed by atoms with Crippen LogP contribution < -0.4 is 10.6 Å². The van der Waals surface area contributed by atoms with Gasteiger partial charge in [-0.1, -0.05) is 68.5 Å². The number of carboxylic acids is 1. The summed E-state index contributed by atoms with van der Waals surface area (Å²) in [6, 6.07) is 15.2. The summed E-state index contributed by atoms with van der Waals surface area (Å²) in [6.45, 7) is 9.13. The molecular formula is C29H36N2O5. The molecule has 7 heteroatoms. The highest BCUT2D eigenvalue weighted by Gasteiger charge is 2.37. The minimum Gasteiger partial charge on any atom is -0.480 e. The third kappa shape index (κ3) is 6.33. The lowest BCUT2D eigenvalue weighted by atomic mass is 9.93. The lowest BCUT2D eigenvalue weighted by Gasteiger charge is -2.29. The Bertz CT molecular complexity index is 1070. The van der Waals surface area contributed by atoms with Crippen LogP contribution in [0, 0.1) is 5.92 Å². The van der Waals surface area contributed by atoms with Crippen molar-refractivity contribution in [3.63, 3.8) is 0 Å². The second kappa shape index (κ2) is 11.9. The zero-order valence-electron chi connectivity index (χ0n) is 21.3. The molecule has 0 fully saturated rings.